The van der Waals surface area contributed by atoms with E-state index < -0.39 is 0 Å². The number of para-hydroxylation sites is 1. The zero-order valence-electron chi connectivity index (χ0n) is 10.3. The minimum Gasteiger partial charge on any atom is -0.241 e. The quantitative estimate of drug-likeness (QED) is 0.560. The van der Waals surface area contributed by atoms with E-state index in [0.717, 1.165) is 11.9 Å². The first-order valence-corrected chi connectivity index (χ1v) is 6.77. The molecule has 0 saturated carbocycles. The maximum Gasteiger partial charge on any atom is 0.0938 e. The number of hydrogen-bond donors (Lipinski definition) is 0. The first-order valence-electron chi connectivity index (χ1n) is 5.95. The van der Waals surface area contributed by atoms with Gasteiger partial charge in [-0.15, -0.1) is 11.3 Å². The van der Waals surface area contributed by atoms with E-state index in [1.165, 1.54) is 22.5 Å². The molecule has 1 heterocycles. The van der Waals surface area contributed by atoms with Crippen molar-refractivity contribution in [1.29, 1.82) is 0 Å². The molecule has 0 amide bonds. The van der Waals surface area contributed by atoms with Crippen LogP contribution < -0.4 is 0 Å². The van der Waals surface area contributed by atoms with Crippen LogP contribution in [0.25, 0.3) is 10.2 Å². The van der Waals surface area contributed by atoms with Crippen molar-refractivity contribution in [2.75, 3.05) is 0 Å². The summed E-state index contributed by atoms with van der Waals surface area (Å²) >= 11 is 1.84. The predicted molar refractivity (Wildman–Crippen MR) is 106 cm³/mol. The lowest BCUT2D eigenvalue weighted by molar-refractivity contribution is 0.322. The number of benzene rings is 1. The van der Waals surface area contributed by atoms with Crippen molar-refractivity contribution in [3.8, 4) is 0 Å². The van der Waals surface area contributed by atoms with E-state index in [2.05, 4.69) is 50.0 Å². The number of thiazole rings is 1. The molecule has 0 aliphatic carbocycles. The average molecular weight is 314 g/mol. The monoisotopic (exact) mass is 313 g/mol. The first kappa shape index (κ1) is 28.3. The fraction of sp³-hybridized carbons (Fsp3) is 0.632. The summed E-state index contributed by atoms with van der Waals surface area (Å²) in [6.07, 6.45) is 3.57. The maximum atomic E-state index is 4.67. The number of rotatable bonds is 4. The Labute approximate surface area is 138 Å². The van der Waals surface area contributed by atoms with Crippen molar-refractivity contribution in [3.05, 3.63) is 29.3 Å². The Kier molecular flexibility index (Phi) is 15.8. The minimum atomic E-state index is 0. The lowest BCUT2D eigenvalue weighted by atomic mass is 9.85. The topological polar surface area (TPSA) is 12.9 Å². The number of fused-ring (bicyclic) bond motifs is 1. The van der Waals surface area contributed by atoms with E-state index in [-0.39, 0.29) is 37.1 Å². The van der Waals surface area contributed by atoms with Gasteiger partial charge >= 0.3 is 0 Å². The van der Waals surface area contributed by atoms with Crippen LogP contribution in [-0.2, 0) is 6.42 Å². The van der Waals surface area contributed by atoms with Crippen molar-refractivity contribution < 1.29 is 0 Å². The van der Waals surface area contributed by atoms with E-state index in [1.807, 2.05) is 11.3 Å². The zero-order valence-corrected chi connectivity index (χ0v) is 11.1. The van der Waals surface area contributed by atoms with Gasteiger partial charge in [0.25, 0.3) is 0 Å². The highest BCUT2D eigenvalue weighted by molar-refractivity contribution is 7.18. The molecule has 0 spiro atoms. The number of aryl methyl sites for hydroxylation is 1. The standard InChI is InChI=1S/C14H19NS.5CH4/c1-4-14(2,3)10-9-13-15-11-7-5-6-8-12(11)16-13;;;;;/h5-8H,4,9-10H2,1-3H3;5*1H4. The average Bonchev–Trinajstić information content (AvgIpc) is 2.69. The van der Waals surface area contributed by atoms with Crippen molar-refractivity contribution in [1.82, 2.24) is 4.98 Å². The van der Waals surface area contributed by atoms with Crippen molar-refractivity contribution in [2.45, 2.75) is 77.2 Å². The highest BCUT2D eigenvalue weighted by Gasteiger charge is 2.15. The fourth-order valence-corrected chi connectivity index (χ4v) is 2.62. The Hall–Kier alpha value is -0.890. The summed E-state index contributed by atoms with van der Waals surface area (Å²) in [7, 11) is 0. The number of hydrogen-bond acceptors (Lipinski definition) is 2. The zero-order chi connectivity index (χ0) is 11.6. The van der Waals surface area contributed by atoms with Crippen LogP contribution in [-0.4, -0.2) is 4.98 Å². The van der Waals surface area contributed by atoms with Crippen molar-refractivity contribution in [2.24, 2.45) is 5.41 Å². The summed E-state index contributed by atoms with van der Waals surface area (Å²) in [6, 6.07) is 8.39. The third-order valence-corrected chi connectivity index (χ3v) is 4.41. The van der Waals surface area contributed by atoms with Gasteiger partial charge in [-0.05, 0) is 30.4 Å². The molecule has 2 heteroatoms. The molecule has 1 nitrogen and oxygen atoms in total. The minimum absolute atomic E-state index is 0. The Balaban J connectivity index is -0.000000289. The second-order valence-electron chi connectivity index (χ2n) is 5.09. The molecule has 2 aromatic rings. The van der Waals surface area contributed by atoms with Crippen LogP contribution in [0.3, 0.4) is 0 Å². The summed E-state index contributed by atoms with van der Waals surface area (Å²) in [5.41, 5.74) is 1.59. The van der Waals surface area contributed by atoms with E-state index in [4.69, 9.17) is 0 Å². The van der Waals surface area contributed by atoms with Crippen LogP contribution in [0.2, 0.25) is 0 Å². The molecule has 1 aromatic heterocycles. The number of nitrogens with zero attached hydrogens (tertiary/aromatic N) is 1. The van der Waals surface area contributed by atoms with Crippen LogP contribution in [0.4, 0.5) is 0 Å². The Bertz CT molecular complexity index is 438. The molecule has 0 aliphatic heterocycles. The molecule has 0 radical (unpaired) electrons. The SMILES string of the molecule is C.C.C.C.C.CCC(C)(C)CCc1nc2ccccc2s1. The molecule has 21 heavy (non-hydrogen) atoms. The van der Waals surface area contributed by atoms with Crippen LogP contribution in [0.15, 0.2) is 24.3 Å². The van der Waals surface area contributed by atoms with Crippen molar-refractivity contribution >= 4 is 21.6 Å². The van der Waals surface area contributed by atoms with Gasteiger partial charge in [0.2, 0.25) is 0 Å². The van der Waals surface area contributed by atoms with Gasteiger partial charge < -0.3 is 0 Å². The molecular weight excluding hydrogens is 274 g/mol. The van der Waals surface area contributed by atoms with Gasteiger partial charge in [-0.1, -0.05) is 76.5 Å². The molecular formula is C19H39NS. The Morgan fingerprint density at radius 2 is 1.57 bits per heavy atom. The molecule has 0 fully saturated rings. The summed E-state index contributed by atoms with van der Waals surface area (Å²) in [6.45, 7) is 6.93. The van der Waals surface area contributed by atoms with Gasteiger partial charge in [-0.2, -0.15) is 0 Å². The lowest BCUT2D eigenvalue weighted by Gasteiger charge is -2.21. The Morgan fingerprint density at radius 3 is 2.10 bits per heavy atom. The smallest absolute Gasteiger partial charge is 0.0938 e. The second kappa shape index (κ2) is 11.7. The summed E-state index contributed by atoms with van der Waals surface area (Å²) < 4.78 is 1.31. The van der Waals surface area contributed by atoms with Gasteiger partial charge in [-0.3, -0.25) is 0 Å². The maximum absolute atomic E-state index is 4.67. The molecule has 0 aliphatic rings. The molecule has 2 rings (SSSR count). The fourth-order valence-electron chi connectivity index (χ4n) is 1.65. The summed E-state index contributed by atoms with van der Waals surface area (Å²) in [5, 5.41) is 1.28. The summed E-state index contributed by atoms with van der Waals surface area (Å²) in [4.78, 5) is 4.67. The molecule has 0 saturated heterocycles. The summed E-state index contributed by atoms with van der Waals surface area (Å²) in [5.74, 6) is 0. The third kappa shape index (κ3) is 7.61. The van der Waals surface area contributed by atoms with Crippen molar-refractivity contribution in [3.63, 3.8) is 0 Å². The van der Waals surface area contributed by atoms with Crippen LogP contribution in [0.1, 0.15) is 75.8 Å². The van der Waals surface area contributed by atoms with Gasteiger partial charge in [0.1, 0.15) is 0 Å². The van der Waals surface area contributed by atoms with E-state index in [1.54, 1.807) is 0 Å². The predicted octanol–water partition coefficient (Wildman–Crippen LogP) is 7.85. The largest absolute Gasteiger partial charge is 0.241 e. The first-order chi connectivity index (χ1) is 7.61. The van der Waals surface area contributed by atoms with E-state index >= 15 is 0 Å². The van der Waals surface area contributed by atoms with E-state index in [0.29, 0.717) is 5.41 Å². The number of aromatic nitrogens is 1. The Morgan fingerprint density at radius 1 is 1.00 bits per heavy atom. The second-order valence-corrected chi connectivity index (χ2v) is 6.21. The molecule has 0 bridgehead atoms. The van der Waals surface area contributed by atoms with Gasteiger partial charge in [0.15, 0.2) is 0 Å². The van der Waals surface area contributed by atoms with Crippen LogP contribution in [0, 0.1) is 5.41 Å². The van der Waals surface area contributed by atoms with Gasteiger partial charge in [-0.25, -0.2) is 4.98 Å². The third-order valence-electron chi connectivity index (χ3n) is 3.31. The van der Waals surface area contributed by atoms with E-state index in [9.17, 15) is 0 Å². The molecule has 0 N–H and O–H groups in total. The molecule has 126 valence electrons. The lowest BCUT2D eigenvalue weighted by Crippen LogP contribution is -2.10. The van der Waals surface area contributed by atoms with Gasteiger partial charge in [0, 0.05) is 0 Å². The molecule has 0 unspecified atom stereocenters. The van der Waals surface area contributed by atoms with Gasteiger partial charge in [0.05, 0.1) is 15.2 Å². The highest BCUT2D eigenvalue weighted by Crippen LogP contribution is 2.29. The van der Waals surface area contributed by atoms with Crippen LogP contribution >= 0.6 is 11.3 Å². The molecule has 0 atom stereocenters. The highest BCUT2D eigenvalue weighted by atomic mass is 32.1. The molecule has 1 aromatic carbocycles. The van der Waals surface area contributed by atoms with Crippen LogP contribution in [0.5, 0.6) is 0 Å². The normalized spacial score (nSPS) is 9.29.